The molecule has 1 aromatic rings. The van der Waals surface area contributed by atoms with Crippen LogP contribution >= 0.6 is 0 Å². The molecular weight excluding hydrogens is 258 g/mol. The number of hydrogen-bond acceptors (Lipinski definition) is 3. The van der Waals surface area contributed by atoms with E-state index >= 15 is 0 Å². The molecule has 0 aliphatic carbocycles. The summed E-state index contributed by atoms with van der Waals surface area (Å²) in [6.45, 7) is 8.91. The molecular formula is C15H25NO2S. The van der Waals surface area contributed by atoms with Crippen LogP contribution < -0.4 is 5.32 Å². The Morgan fingerprint density at radius 1 is 1.26 bits per heavy atom. The van der Waals surface area contributed by atoms with E-state index < -0.39 is 9.84 Å². The molecule has 4 heteroatoms. The lowest BCUT2D eigenvalue weighted by Gasteiger charge is -2.12. The average molecular weight is 283 g/mol. The molecule has 108 valence electrons. The van der Waals surface area contributed by atoms with Crippen molar-refractivity contribution in [1.29, 1.82) is 0 Å². The molecule has 1 N–H and O–H groups in total. The fraction of sp³-hybridized carbons (Fsp3) is 0.600. The lowest BCUT2D eigenvalue weighted by atomic mass is 10.2. The molecule has 0 saturated heterocycles. The van der Waals surface area contributed by atoms with Crippen molar-refractivity contribution in [2.24, 2.45) is 0 Å². The first-order chi connectivity index (χ1) is 8.86. The van der Waals surface area contributed by atoms with Crippen LogP contribution in [-0.2, 0) is 9.84 Å². The highest BCUT2D eigenvalue weighted by atomic mass is 32.2. The minimum atomic E-state index is -3.15. The van der Waals surface area contributed by atoms with Gasteiger partial charge < -0.3 is 5.32 Å². The van der Waals surface area contributed by atoms with E-state index in [1.54, 1.807) is 6.07 Å². The van der Waals surface area contributed by atoms with Gasteiger partial charge in [-0.05, 0) is 51.8 Å². The third-order valence-electron chi connectivity index (χ3n) is 3.27. The van der Waals surface area contributed by atoms with E-state index in [1.807, 2.05) is 26.0 Å². The van der Waals surface area contributed by atoms with Crippen LogP contribution in [0, 0.1) is 13.8 Å². The molecule has 0 saturated carbocycles. The first kappa shape index (κ1) is 16.2. The van der Waals surface area contributed by atoms with E-state index in [0.717, 1.165) is 24.1 Å². The fourth-order valence-corrected chi connectivity index (χ4v) is 3.88. The normalized spacial score (nSPS) is 13.5. The predicted octanol–water partition coefficient (Wildman–Crippen LogP) is 2.86. The Kier molecular flexibility index (Phi) is 6.01. The van der Waals surface area contributed by atoms with E-state index in [-0.39, 0.29) is 5.75 Å². The van der Waals surface area contributed by atoms with E-state index in [1.165, 1.54) is 0 Å². The summed E-state index contributed by atoms with van der Waals surface area (Å²) in [5, 5.41) is 3.30. The van der Waals surface area contributed by atoms with Crippen molar-refractivity contribution in [3.63, 3.8) is 0 Å². The maximum absolute atomic E-state index is 12.3. The SMILES string of the molecule is CCNC(C)CCCS(=O)(=O)c1ccc(C)cc1C. The average Bonchev–Trinajstić information content (AvgIpc) is 2.28. The van der Waals surface area contributed by atoms with Crippen molar-refractivity contribution < 1.29 is 8.42 Å². The Balaban J connectivity index is 2.66. The number of rotatable bonds is 7. The van der Waals surface area contributed by atoms with Gasteiger partial charge in [0.25, 0.3) is 0 Å². The van der Waals surface area contributed by atoms with Crippen molar-refractivity contribution >= 4 is 9.84 Å². The van der Waals surface area contributed by atoms with Crippen molar-refractivity contribution in [3.8, 4) is 0 Å². The summed E-state index contributed by atoms with van der Waals surface area (Å²) in [6, 6.07) is 5.89. The summed E-state index contributed by atoms with van der Waals surface area (Å²) in [4.78, 5) is 0.481. The summed E-state index contributed by atoms with van der Waals surface area (Å²) in [5.74, 6) is 0.229. The van der Waals surface area contributed by atoms with E-state index in [2.05, 4.69) is 19.2 Å². The topological polar surface area (TPSA) is 46.2 Å². The molecule has 0 amide bonds. The van der Waals surface area contributed by atoms with Crippen molar-refractivity contribution in [2.45, 2.75) is 51.5 Å². The zero-order chi connectivity index (χ0) is 14.5. The molecule has 19 heavy (non-hydrogen) atoms. The second kappa shape index (κ2) is 7.06. The largest absolute Gasteiger partial charge is 0.315 e. The van der Waals surface area contributed by atoms with Crippen LogP contribution in [0.2, 0.25) is 0 Å². The second-order valence-corrected chi connectivity index (χ2v) is 7.27. The molecule has 0 spiro atoms. The minimum absolute atomic E-state index is 0.229. The lowest BCUT2D eigenvalue weighted by Crippen LogP contribution is -2.26. The first-order valence-corrected chi connectivity index (χ1v) is 8.55. The fourth-order valence-electron chi connectivity index (χ4n) is 2.29. The third-order valence-corrected chi connectivity index (χ3v) is 5.22. The highest BCUT2D eigenvalue weighted by Gasteiger charge is 2.17. The lowest BCUT2D eigenvalue weighted by molar-refractivity contribution is 0.520. The Hall–Kier alpha value is -0.870. The molecule has 1 unspecified atom stereocenters. The first-order valence-electron chi connectivity index (χ1n) is 6.90. The van der Waals surface area contributed by atoms with E-state index in [0.29, 0.717) is 17.4 Å². The quantitative estimate of drug-likeness (QED) is 0.837. The summed E-state index contributed by atoms with van der Waals surface area (Å²) in [6.07, 6.45) is 1.59. The third kappa shape index (κ3) is 4.96. The number of sulfone groups is 1. The van der Waals surface area contributed by atoms with Gasteiger partial charge in [-0.15, -0.1) is 0 Å². The van der Waals surface area contributed by atoms with Gasteiger partial charge in [-0.2, -0.15) is 0 Å². The van der Waals surface area contributed by atoms with Gasteiger partial charge in [0.1, 0.15) is 0 Å². The molecule has 3 nitrogen and oxygen atoms in total. The Labute approximate surface area is 117 Å². The van der Waals surface area contributed by atoms with Crippen LogP contribution in [0.4, 0.5) is 0 Å². The Bertz CT molecular complexity index is 509. The second-order valence-electron chi connectivity index (χ2n) is 5.19. The van der Waals surface area contributed by atoms with Gasteiger partial charge in [0.15, 0.2) is 9.84 Å². The number of hydrogen-bond donors (Lipinski definition) is 1. The molecule has 0 radical (unpaired) electrons. The minimum Gasteiger partial charge on any atom is -0.315 e. The molecule has 0 aliphatic rings. The molecule has 0 aromatic heterocycles. The Morgan fingerprint density at radius 3 is 2.53 bits per heavy atom. The van der Waals surface area contributed by atoms with Crippen LogP contribution in [0.1, 0.15) is 37.8 Å². The van der Waals surface area contributed by atoms with Crippen LogP contribution in [-0.4, -0.2) is 26.8 Å². The van der Waals surface area contributed by atoms with Gasteiger partial charge in [-0.25, -0.2) is 8.42 Å². The smallest absolute Gasteiger partial charge is 0.178 e. The maximum atomic E-state index is 12.3. The number of aryl methyl sites for hydroxylation is 2. The molecule has 0 bridgehead atoms. The van der Waals surface area contributed by atoms with Gasteiger partial charge in [-0.1, -0.05) is 24.6 Å². The summed E-state index contributed by atoms with van der Waals surface area (Å²) in [7, 11) is -3.15. The van der Waals surface area contributed by atoms with Crippen LogP contribution in [0.5, 0.6) is 0 Å². The van der Waals surface area contributed by atoms with Crippen LogP contribution in [0.15, 0.2) is 23.1 Å². The highest BCUT2D eigenvalue weighted by Crippen LogP contribution is 2.19. The van der Waals surface area contributed by atoms with Crippen LogP contribution in [0.3, 0.4) is 0 Å². The molecule has 1 atom stereocenters. The molecule has 0 aliphatic heterocycles. The zero-order valence-electron chi connectivity index (χ0n) is 12.4. The van der Waals surface area contributed by atoms with Gasteiger partial charge in [0, 0.05) is 6.04 Å². The van der Waals surface area contributed by atoms with E-state index in [9.17, 15) is 8.42 Å². The monoisotopic (exact) mass is 283 g/mol. The standard InChI is InChI=1S/C15H25NO2S/c1-5-16-14(4)7-6-10-19(17,18)15-9-8-12(2)11-13(15)3/h8-9,11,14,16H,5-7,10H2,1-4H3. The molecule has 1 rings (SSSR count). The Morgan fingerprint density at radius 2 is 1.95 bits per heavy atom. The highest BCUT2D eigenvalue weighted by molar-refractivity contribution is 7.91. The zero-order valence-corrected chi connectivity index (χ0v) is 13.2. The van der Waals surface area contributed by atoms with Gasteiger partial charge in [0.2, 0.25) is 0 Å². The molecule has 0 heterocycles. The molecule has 0 fully saturated rings. The van der Waals surface area contributed by atoms with E-state index in [4.69, 9.17) is 0 Å². The van der Waals surface area contributed by atoms with Crippen LogP contribution in [0.25, 0.3) is 0 Å². The predicted molar refractivity (Wildman–Crippen MR) is 80.3 cm³/mol. The van der Waals surface area contributed by atoms with Gasteiger partial charge >= 0.3 is 0 Å². The van der Waals surface area contributed by atoms with Gasteiger partial charge in [-0.3, -0.25) is 0 Å². The summed E-state index contributed by atoms with van der Waals surface area (Å²) in [5.41, 5.74) is 1.94. The van der Waals surface area contributed by atoms with Crippen molar-refractivity contribution in [2.75, 3.05) is 12.3 Å². The van der Waals surface area contributed by atoms with Gasteiger partial charge in [0.05, 0.1) is 10.6 Å². The number of benzene rings is 1. The summed E-state index contributed by atoms with van der Waals surface area (Å²) >= 11 is 0. The number of nitrogens with one attached hydrogen (secondary N) is 1. The van der Waals surface area contributed by atoms with Crippen molar-refractivity contribution in [1.82, 2.24) is 5.32 Å². The molecule has 1 aromatic carbocycles. The van der Waals surface area contributed by atoms with Crippen molar-refractivity contribution in [3.05, 3.63) is 29.3 Å². The summed E-state index contributed by atoms with van der Waals surface area (Å²) < 4.78 is 24.6. The maximum Gasteiger partial charge on any atom is 0.178 e.